The van der Waals surface area contributed by atoms with Crippen LogP contribution in [0.5, 0.6) is 0 Å². The van der Waals surface area contributed by atoms with Crippen molar-refractivity contribution in [3.63, 3.8) is 0 Å². The molecule has 0 atom stereocenters. The SMILES string of the molecule is O=C([CH]N1CCNCC1)N1CCCCC1. The Morgan fingerprint density at radius 3 is 2.33 bits per heavy atom. The first-order valence-electron chi connectivity index (χ1n) is 5.95. The molecule has 0 bridgehead atoms. The maximum atomic E-state index is 11.9. The lowest BCUT2D eigenvalue weighted by Crippen LogP contribution is -2.46. The number of piperidine rings is 1. The fourth-order valence-electron chi connectivity index (χ4n) is 2.16. The van der Waals surface area contributed by atoms with E-state index in [9.17, 15) is 4.79 Å². The highest BCUT2D eigenvalue weighted by atomic mass is 16.2. The van der Waals surface area contributed by atoms with Crippen LogP contribution in [0.2, 0.25) is 0 Å². The Balaban J connectivity index is 1.74. The molecule has 0 spiro atoms. The maximum absolute atomic E-state index is 11.9. The molecule has 15 heavy (non-hydrogen) atoms. The number of nitrogens with one attached hydrogen (secondary N) is 1. The van der Waals surface area contributed by atoms with Crippen molar-refractivity contribution in [2.24, 2.45) is 0 Å². The number of hydrogen-bond donors (Lipinski definition) is 1. The van der Waals surface area contributed by atoms with E-state index in [-0.39, 0.29) is 5.91 Å². The monoisotopic (exact) mass is 210 g/mol. The van der Waals surface area contributed by atoms with Crippen LogP contribution >= 0.6 is 0 Å². The van der Waals surface area contributed by atoms with Gasteiger partial charge < -0.3 is 10.2 Å². The number of carbonyl (C=O) groups excluding carboxylic acids is 1. The minimum Gasteiger partial charge on any atom is -0.341 e. The number of nitrogens with zero attached hydrogens (tertiary/aromatic N) is 2. The van der Waals surface area contributed by atoms with E-state index in [1.165, 1.54) is 19.3 Å². The second-order valence-electron chi connectivity index (χ2n) is 4.30. The van der Waals surface area contributed by atoms with E-state index in [2.05, 4.69) is 10.2 Å². The van der Waals surface area contributed by atoms with Crippen molar-refractivity contribution in [1.82, 2.24) is 15.1 Å². The Morgan fingerprint density at radius 1 is 1.00 bits per heavy atom. The molecule has 0 aromatic rings. The lowest BCUT2D eigenvalue weighted by atomic mass is 10.1. The summed E-state index contributed by atoms with van der Waals surface area (Å²) in [6, 6.07) is 0. The van der Waals surface area contributed by atoms with E-state index in [1.54, 1.807) is 6.54 Å². The van der Waals surface area contributed by atoms with Crippen molar-refractivity contribution in [1.29, 1.82) is 0 Å². The number of hydrogen-bond acceptors (Lipinski definition) is 3. The van der Waals surface area contributed by atoms with Crippen LogP contribution in [-0.4, -0.2) is 55.0 Å². The number of likely N-dealkylation sites (tertiary alicyclic amines) is 1. The van der Waals surface area contributed by atoms with Gasteiger partial charge in [0, 0.05) is 39.3 Å². The molecule has 1 amide bonds. The summed E-state index contributed by atoms with van der Waals surface area (Å²) in [7, 11) is 0. The smallest absolute Gasteiger partial charge is 0.242 e. The van der Waals surface area contributed by atoms with Crippen LogP contribution in [0.1, 0.15) is 19.3 Å². The van der Waals surface area contributed by atoms with E-state index >= 15 is 0 Å². The Morgan fingerprint density at radius 2 is 1.67 bits per heavy atom. The summed E-state index contributed by atoms with van der Waals surface area (Å²) in [5.41, 5.74) is 0. The van der Waals surface area contributed by atoms with Gasteiger partial charge in [0.25, 0.3) is 0 Å². The molecule has 2 heterocycles. The quantitative estimate of drug-likeness (QED) is 0.700. The molecule has 2 aliphatic heterocycles. The van der Waals surface area contributed by atoms with E-state index in [0.29, 0.717) is 0 Å². The average molecular weight is 210 g/mol. The molecule has 0 aromatic heterocycles. The molecule has 0 unspecified atom stereocenters. The zero-order valence-electron chi connectivity index (χ0n) is 9.24. The van der Waals surface area contributed by atoms with Gasteiger partial charge >= 0.3 is 0 Å². The molecule has 0 aromatic carbocycles. The van der Waals surface area contributed by atoms with Crippen LogP contribution in [0.3, 0.4) is 0 Å². The Bertz CT molecular complexity index is 208. The van der Waals surface area contributed by atoms with Crippen molar-refractivity contribution < 1.29 is 4.79 Å². The zero-order valence-corrected chi connectivity index (χ0v) is 9.24. The lowest BCUT2D eigenvalue weighted by molar-refractivity contribution is -0.130. The minimum atomic E-state index is 0.205. The first-order valence-corrected chi connectivity index (χ1v) is 5.95. The molecule has 0 saturated carbocycles. The Labute approximate surface area is 91.6 Å². The molecule has 4 heteroatoms. The largest absolute Gasteiger partial charge is 0.341 e. The lowest BCUT2D eigenvalue weighted by Gasteiger charge is -2.31. The highest BCUT2D eigenvalue weighted by Crippen LogP contribution is 2.10. The second-order valence-corrected chi connectivity index (χ2v) is 4.30. The van der Waals surface area contributed by atoms with Gasteiger partial charge in [0.1, 0.15) is 6.54 Å². The van der Waals surface area contributed by atoms with E-state index in [0.717, 1.165) is 39.3 Å². The van der Waals surface area contributed by atoms with E-state index in [4.69, 9.17) is 0 Å². The molecule has 1 radical (unpaired) electrons. The third-order valence-electron chi connectivity index (χ3n) is 3.11. The summed E-state index contributed by atoms with van der Waals surface area (Å²) in [4.78, 5) is 16.0. The van der Waals surface area contributed by atoms with E-state index < -0.39 is 0 Å². The predicted octanol–water partition coefficient (Wildman–Crippen LogP) is 0.0659. The van der Waals surface area contributed by atoms with Crippen molar-refractivity contribution in [3.8, 4) is 0 Å². The van der Waals surface area contributed by atoms with E-state index in [1.807, 2.05) is 4.90 Å². The maximum Gasteiger partial charge on any atom is 0.242 e. The molecular formula is C11H20N3O. The standard InChI is InChI=1S/C11H20N3O/c15-11(14-6-2-1-3-7-14)10-13-8-4-12-5-9-13/h10,12H,1-9H2. The number of piperazine rings is 1. The van der Waals surface area contributed by atoms with Crippen molar-refractivity contribution in [2.45, 2.75) is 19.3 Å². The predicted molar refractivity (Wildman–Crippen MR) is 59.2 cm³/mol. The number of carbonyl (C=O) groups is 1. The van der Waals surface area contributed by atoms with Crippen molar-refractivity contribution >= 4 is 5.91 Å². The van der Waals surface area contributed by atoms with Crippen LogP contribution in [0, 0.1) is 6.54 Å². The molecule has 2 aliphatic rings. The van der Waals surface area contributed by atoms with Crippen LogP contribution in [0.15, 0.2) is 0 Å². The molecule has 4 nitrogen and oxygen atoms in total. The second kappa shape index (κ2) is 5.47. The molecule has 0 aliphatic carbocycles. The van der Waals surface area contributed by atoms with Gasteiger partial charge in [0.2, 0.25) is 5.91 Å². The van der Waals surface area contributed by atoms with Crippen LogP contribution in [0.4, 0.5) is 0 Å². The average Bonchev–Trinajstić information content (AvgIpc) is 2.31. The van der Waals surface area contributed by atoms with Gasteiger partial charge in [-0.2, -0.15) is 0 Å². The van der Waals surface area contributed by atoms with Gasteiger partial charge in [-0.05, 0) is 19.3 Å². The Kier molecular flexibility index (Phi) is 3.97. The van der Waals surface area contributed by atoms with Crippen LogP contribution in [0.25, 0.3) is 0 Å². The van der Waals surface area contributed by atoms with Crippen molar-refractivity contribution in [2.75, 3.05) is 39.3 Å². The summed E-state index contributed by atoms with van der Waals surface area (Å²) in [5, 5.41) is 3.28. The van der Waals surface area contributed by atoms with Gasteiger partial charge in [0.05, 0.1) is 0 Å². The molecule has 85 valence electrons. The highest BCUT2D eigenvalue weighted by molar-refractivity contribution is 5.84. The molecule has 2 saturated heterocycles. The third kappa shape index (κ3) is 3.18. The number of rotatable bonds is 2. The fourth-order valence-corrected chi connectivity index (χ4v) is 2.16. The van der Waals surface area contributed by atoms with Gasteiger partial charge in [-0.1, -0.05) is 0 Å². The normalized spacial score (nSPS) is 24.1. The summed E-state index contributed by atoms with van der Waals surface area (Å²) >= 11 is 0. The van der Waals surface area contributed by atoms with Crippen molar-refractivity contribution in [3.05, 3.63) is 6.54 Å². The highest BCUT2D eigenvalue weighted by Gasteiger charge is 2.20. The topological polar surface area (TPSA) is 35.6 Å². The number of amides is 1. The van der Waals surface area contributed by atoms with Crippen LogP contribution < -0.4 is 5.32 Å². The minimum absolute atomic E-state index is 0.205. The molecule has 1 N–H and O–H groups in total. The summed E-state index contributed by atoms with van der Waals surface area (Å²) < 4.78 is 0. The summed E-state index contributed by atoms with van der Waals surface area (Å²) in [5.74, 6) is 0.205. The molecule has 2 fully saturated rings. The van der Waals surface area contributed by atoms with Crippen LogP contribution in [-0.2, 0) is 4.79 Å². The first kappa shape index (κ1) is 10.9. The molecule has 2 rings (SSSR count). The fraction of sp³-hybridized carbons (Fsp3) is 0.818. The summed E-state index contributed by atoms with van der Waals surface area (Å²) in [6.45, 7) is 7.59. The van der Waals surface area contributed by atoms with Gasteiger partial charge in [0.15, 0.2) is 0 Å². The summed E-state index contributed by atoms with van der Waals surface area (Å²) in [6.07, 6.45) is 3.61. The van der Waals surface area contributed by atoms with Gasteiger partial charge in [-0.3, -0.25) is 9.69 Å². The van der Waals surface area contributed by atoms with Gasteiger partial charge in [-0.15, -0.1) is 0 Å². The Hall–Kier alpha value is -0.610. The first-order chi connectivity index (χ1) is 7.36. The van der Waals surface area contributed by atoms with Gasteiger partial charge in [-0.25, -0.2) is 0 Å². The molecular weight excluding hydrogens is 190 g/mol. The zero-order chi connectivity index (χ0) is 10.5. The third-order valence-corrected chi connectivity index (χ3v) is 3.11.